The van der Waals surface area contributed by atoms with Crippen LogP contribution in [0.3, 0.4) is 0 Å². The van der Waals surface area contributed by atoms with Gasteiger partial charge in [0.05, 0.1) is 16.1 Å². The number of rotatable bonds is 2. The molecule has 102 valence electrons. The van der Waals surface area contributed by atoms with Crippen molar-refractivity contribution >= 4 is 22.6 Å². The molecule has 3 aromatic rings. The fourth-order valence-corrected chi connectivity index (χ4v) is 2.69. The van der Waals surface area contributed by atoms with E-state index in [0.717, 1.165) is 22.4 Å². The van der Waals surface area contributed by atoms with Crippen LogP contribution in [0.15, 0.2) is 36.4 Å². The van der Waals surface area contributed by atoms with Gasteiger partial charge < -0.3 is 4.57 Å². The minimum absolute atomic E-state index is 0.192. The molecule has 0 aliphatic rings. The molecule has 0 spiro atoms. The monoisotopic (exact) mass is 288 g/mol. The van der Waals surface area contributed by atoms with Gasteiger partial charge in [-0.1, -0.05) is 29.8 Å². The summed E-state index contributed by atoms with van der Waals surface area (Å²) in [5, 5.41) is 0.660. The van der Waals surface area contributed by atoms with E-state index in [1.165, 1.54) is 0 Å². The average molecular weight is 289 g/mol. The normalized spacial score (nSPS) is 11.2. The second kappa shape index (κ2) is 4.91. The van der Waals surface area contributed by atoms with Crippen molar-refractivity contribution in [3.63, 3.8) is 0 Å². The molecule has 0 N–H and O–H groups in total. The lowest BCUT2D eigenvalue weighted by atomic mass is 10.1. The van der Waals surface area contributed by atoms with E-state index < -0.39 is 0 Å². The van der Waals surface area contributed by atoms with Crippen LogP contribution in [-0.2, 0) is 13.5 Å². The Bertz CT molecular complexity index is 793. The molecule has 3 rings (SSSR count). The largest absolute Gasteiger partial charge is 0.330 e. The number of imidazole rings is 1. The Morgan fingerprint density at radius 2 is 2.05 bits per heavy atom. The quantitative estimate of drug-likeness (QED) is 0.689. The molecule has 0 radical (unpaired) electrons. The number of halogens is 2. The first-order valence-corrected chi connectivity index (χ1v) is 6.79. The summed E-state index contributed by atoms with van der Waals surface area (Å²) in [6.45, 7) is 1.88. The number of para-hydroxylation sites is 1. The SMILES string of the molecule is Cc1ccc(Cc2nc3cccc(Cl)c3n2C)c(F)c1. The van der Waals surface area contributed by atoms with E-state index >= 15 is 0 Å². The Morgan fingerprint density at radius 1 is 1.25 bits per heavy atom. The predicted octanol–water partition coefficient (Wildman–Crippen LogP) is 4.27. The zero-order valence-corrected chi connectivity index (χ0v) is 12.1. The van der Waals surface area contributed by atoms with Gasteiger partial charge in [-0.25, -0.2) is 9.37 Å². The zero-order chi connectivity index (χ0) is 14.3. The molecule has 0 unspecified atom stereocenters. The molecule has 0 fully saturated rings. The average Bonchev–Trinajstić information content (AvgIpc) is 2.71. The zero-order valence-electron chi connectivity index (χ0n) is 11.3. The molecule has 4 heteroatoms. The Kier molecular flexibility index (Phi) is 3.22. The van der Waals surface area contributed by atoms with Crippen molar-refractivity contribution in [3.05, 3.63) is 64.2 Å². The van der Waals surface area contributed by atoms with E-state index in [1.54, 1.807) is 6.07 Å². The van der Waals surface area contributed by atoms with Crippen molar-refractivity contribution in [2.75, 3.05) is 0 Å². The van der Waals surface area contributed by atoms with Gasteiger partial charge in [-0.05, 0) is 36.2 Å². The summed E-state index contributed by atoms with van der Waals surface area (Å²) in [4.78, 5) is 4.54. The predicted molar refractivity (Wildman–Crippen MR) is 79.7 cm³/mol. The van der Waals surface area contributed by atoms with Gasteiger partial charge in [0, 0.05) is 13.5 Å². The molecule has 0 saturated carbocycles. The second-order valence-electron chi connectivity index (χ2n) is 4.97. The van der Waals surface area contributed by atoms with E-state index in [9.17, 15) is 4.39 Å². The van der Waals surface area contributed by atoms with Gasteiger partial charge >= 0.3 is 0 Å². The van der Waals surface area contributed by atoms with E-state index in [1.807, 2.05) is 48.9 Å². The summed E-state index contributed by atoms with van der Waals surface area (Å²) >= 11 is 6.20. The highest BCUT2D eigenvalue weighted by atomic mass is 35.5. The number of benzene rings is 2. The number of fused-ring (bicyclic) bond motifs is 1. The molecular formula is C16H14ClFN2. The first kappa shape index (κ1) is 13.1. The Labute approximate surface area is 121 Å². The summed E-state index contributed by atoms with van der Waals surface area (Å²) < 4.78 is 15.9. The lowest BCUT2D eigenvalue weighted by molar-refractivity contribution is 0.609. The first-order valence-electron chi connectivity index (χ1n) is 6.41. The highest BCUT2D eigenvalue weighted by Gasteiger charge is 2.12. The Balaban J connectivity index is 2.07. The highest BCUT2D eigenvalue weighted by molar-refractivity contribution is 6.35. The molecule has 0 aliphatic carbocycles. The number of hydrogen-bond donors (Lipinski definition) is 0. The third-order valence-electron chi connectivity index (χ3n) is 3.49. The van der Waals surface area contributed by atoms with Crippen LogP contribution in [0, 0.1) is 12.7 Å². The molecule has 0 amide bonds. The van der Waals surface area contributed by atoms with Gasteiger partial charge in [-0.3, -0.25) is 0 Å². The number of hydrogen-bond acceptors (Lipinski definition) is 1. The molecular weight excluding hydrogens is 275 g/mol. The number of aryl methyl sites for hydroxylation is 2. The molecule has 0 saturated heterocycles. The summed E-state index contributed by atoms with van der Waals surface area (Å²) in [5.41, 5.74) is 3.28. The van der Waals surface area contributed by atoms with Crippen LogP contribution >= 0.6 is 11.6 Å². The number of nitrogens with zero attached hydrogens (tertiary/aromatic N) is 2. The van der Waals surface area contributed by atoms with Crippen LogP contribution < -0.4 is 0 Å². The molecule has 20 heavy (non-hydrogen) atoms. The van der Waals surface area contributed by atoms with Gasteiger partial charge in [0.2, 0.25) is 0 Å². The smallest absolute Gasteiger partial charge is 0.127 e. The number of aromatic nitrogens is 2. The van der Waals surface area contributed by atoms with Gasteiger partial charge in [0.1, 0.15) is 11.6 Å². The lowest BCUT2D eigenvalue weighted by Crippen LogP contribution is -2.01. The summed E-state index contributed by atoms with van der Waals surface area (Å²) in [6, 6.07) is 10.9. The molecule has 0 bridgehead atoms. The third-order valence-corrected chi connectivity index (χ3v) is 3.80. The van der Waals surface area contributed by atoms with E-state index in [4.69, 9.17) is 11.6 Å². The maximum Gasteiger partial charge on any atom is 0.127 e. The maximum absolute atomic E-state index is 13.9. The topological polar surface area (TPSA) is 17.8 Å². The van der Waals surface area contributed by atoms with Crippen LogP contribution in [-0.4, -0.2) is 9.55 Å². The highest BCUT2D eigenvalue weighted by Crippen LogP contribution is 2.25. The van der Waals surface area contributed by atoms with Crippen LogP contribution in [0.25, 0.3) is 11.0 Å². The van der Waals surface area contributed by atoms with Crippen LogP contribution in [0.2, 0.25) is 5.02 Å². The summed E-state index contributed by atoms with van der Waals surface area (Å²) in [7, 11) is 1.91. The Morgan fingerprint density at radius 3 is 2.75 bits per heavy atom. The maximum atomic E-state index is 13.9. The summed E-state index contributed by atoms with van der Waals surface area (Å²) in [6.07, 6.45) is 0.452. The van der Waals surface area contributed by atoms with Crippen LogP contribution in [0.1, 0.15) is 17.0 Å². The second-order valence-corrected chi connectivity index (χ2v) is 5.37. The van der Waals surface area contributed by atoms with Gasteiger partial charge in [-0.2, -0.15) is 0 Å². The van der Waals surface area contributed by atoms with Crippen molar-refractivity contribution in [1.82, 2.24) is 9.55 Å². The third kappa shape index (κ3) is 2.18. The van der Waals surface area contributed by atoms with Crippen molar-refractivity contribution in [2.45, 2.75) is 13.3 Å². The summed E-state index contributed by atoms with van der Waals surface area (Å²) in [5.74, 6) is 0.610. The molecule has 0 atom stereocenters. The van der Waals surface area contributed by atoms with Crippen LogP contribution in [0.5, 0.6) is 0 Å². The van der Waals surface area contributed by atoms with Crippen molar-refractivity contribution in [1.29, 1.82) is 0 Å². The van der Waals surface area contributed by atoms with E-state index in [-0.39, 0.29) is 5.82 Å². The Hall–Kier alpha value is -1.87. The lowest BCUT2D eigenvalue weighted by Gasteiger charge is -2.05. The van der Waals surface area contributed by atoms with Gasteiger partial charge in [-0.15, -0.1) is 0 Å². The fraction of sp³-hybridized carbons (Fsp3) is 0.188. The van der Waals surface area contributed by atoms with Crippen molar-refractivity contribution < 1.29 is 4.39 Å². The van der Waals surface area contributed by atoms with E-state index in [2.05, 4.69) is 4.98 Å². The van der Waals surface area contributed by atoms with Crippen LogP contribution in [0.4, 0.5) is 4.39 Å². The minimum atomic E-state index is -0.192. The molecule has 2 nitrogen and oxygen atoms in total. The van der Waals surface area contributed by atoms with Gasteiger partial charge in [0.25, 0.3) is 0 Å². The molecule has 1 heterocycles. The molecule has 1 aromatic heterocycles. The van der Waals surface area contributed by atoms with E-state index in [0.29, 0.717) is 17.0 Å². The van der Waals surface area contributed by atoms with Gasteiger partial charge in [0.15, 0.2) is 0 Å². The first-order chi connectivity index (χ1) is 9.56. The minimum Gasteiger partial charge on any atom is -0.330 e. The molecule has 0 aliphatic heterocycles. The fourth-order valence-electron chi connectivity index (χ4n) is 2.39. The van der Waals surface area contributed by atoms with Crippen molar-refractivity contribution in [2.24, 2.45) is 7.05 Å². The van der Waals surface area contributed by atoms with Crippen molar-refractivity contribution in [3.8, 4) is 0 Å². The standard InChI is InChI=1S/C16H14ClFN2/c1-10-6-7-11(13(18)8-10)9-15-19-14-5-3-4-12(17)16(14)20(15)2/h3-8H,9H2,1-2H3. The molecule has 2 aromatic carbocycles.